The summed E-state index contributed by atoms with van der Waals surface area (Å²) in [6, 6.07) is 0. The Morgan fingerprint density at radius 2 is 0.300 bits per heavy atom. The van der Waals surface area contributed by atoms with Crippen LogP contribution in [0, 0.1) is 249 Å². The second-order valence-electron chi connectivity index (χ2n) is 22.5. The van der Waals surface area contributed by atoms with Crippen molar-refractivity contribution in [2.45, 2.75) is 249 Å². The third-order valence-electron chi connectivity index (χ3n) is 17.9. The topological polar surface area (TPSA) is 77.8 Å². The molecule has 440 valence electrons. The van der Waals surface area contributed by atoms with E-state index in [0.717, 1.165) is 68.6 Å². The minimum Gasteiger partial charge on any atom is -0.466 e. The lowest BCUT2D eigenvalue weighted by atomic mass is 9.90. The van der Waals surface area contributed by atoms with E-state index in [9.17, 15) is 0 Å². The van der Waals surface area contributed by atoms with Crippen LogP contribution in [0.5, 0.6) is 0 Å². The Kier molecular flexibility index (Phi) is 28.7. The summed E-state index contributed by atoms with van der Waals surface area (Å²) < 4.78 is 10.7. The molecule has 0 unspecified atom stereocenters. The molecule has 0 amide bonds. The average molecular weight is 1130 g/mol. The summed E-state index contributed by atoms with van der Waals surface area (Å²) in [5, 5.41) is 0. The van der Waals surface area contributed by atoms with Gasteiger partial charge in [0.05, 0.1) is 22.8 Å². The zero-order chi connectivity index (χ0) is 62.4. The molecule has 8 rings (SSSR count). The Bertz CT molecular complexity index is 2820. The second kappa shape index (κ2) is 31.7. The first-order chi connectivity index (χ1) is 36.6. The zero-order valence-corrected chi connectivity index (χ0v) is 59.1. The standard InChI is InChI=1S/C12H18.2C10H15N.C8H12N2.2C8H12O.2C8H12S/c1-7-8(2)10(4)12(6)11(5)9(7)3;2*1-6-7(2)9(4)11-10(5)8(6)3;1-5-6(2)10-8(4)7(3)9-5;4*1-5-6(2)8(4)9-7(5)3/h1-6H3;2*1-5H3;1-4H3;4*1-4H3. The van der Waals surface area contributed by atoms with Crippen LogP contribution in [-0.2, 0) is 0 Å². The van der Waals surface area contributed by atoms with Gasteiger partial charge in [-0.05, 0) is 361 Å². The molecule has 0 saturated carbocycles. The molecule has 0 aliphatic rings. The number of aryl methyl sites for hydroxylation is 16. The van der Waals surface area contributed by atoms with Crippen LogP contribution in [0.1, 0.15) is 199 Å². The Balaban J connectivity index is 0.000000458. The lowest BCUT2D eigenvalue weighted by Crippen LogP contribution is -1.98. The summed E-state index contributed by atoms with van der Waals surface area (Å²) in [7, 11) is 0. The lowest BCUT2D eigenvalue weighted by molar-refractivity contribution is 0.500. The first kappa shape index (κ1) is 72.6. The number of aromatic nitrogens is 4. The maximum Gasteiger partial charge on any atom is 0.104 e. The molecule has 0 spiro atoms. The number of pyridine rings is 2. The van der Waals surface area contributed by atoms with Crippen LogP contribution >= 0.6 is 22.7 Å². The molecular formula is C72H108N4O2S2. The van der Waals surface area contributed by atoms with Crippen LogP contribution < -0.4 is 0 Å². The second-order valence-corrected chi connectivity index (χ2v) is 25.3. The summed E-state index contributed by atoms with van der Waals surface area (Å²) in [5.41, 5.74) is 36.6. The minimum absolute atomic E-state index is 1.03. The van der Waals surface area contributed by atoms with Crippen molar-refractivity contribution in [3.63, 3.8) is 0 Å². The number of hydrogen-bond acceptors (Lipinski definition) is 8. The van der Waals surface area contributed by atoms with E-state index in [1.54, 1.807) is 0 Å². The molecule has 0 atom stereocenters. The Labute approximate surface area is 497 Å². The fraction of sp³-hybridized carbons (Fsp3) is 0.500. The highest BCUT2D eigenvalue weighted by Gasteiger charge is 2.10. The minimum atomic E-state index is 1.03. The van der Waals surface area contributed by atoms with E-state index >= 15 is 0 Å². The van der Waals surface area contributed by atoms with Gasteiger partial charge in [0, 0.05) is 42.3 Å². The van der Waals surface area contributed by atoms with Crippen molar-refractivity contribution in [2.75, 3.05) is 0 Å². The molecule has 7 aromatic heterocycles. The first-order valence-corrected chi connectivity index (χ1v) is 30.1. The van der Waals surface area contributed by atoms with Gasteiger partial charge in [-0.15, -0.1) is 22.7 Å². The highest BCUT2D eigenvalue weighted by molar-refractivity contribution is 7.12. The van der Waals surface area contributed by atoms with E-state index in [2.05, 4.69) is 214 Å². The van der Waals surface area contributed by atoms with Crippen molar-refractivity contribution in [1.82, 2.24) is 19.9 Å². The molecule has 0 aliphatic heterocycles. The van der Waals surface area contributed by atoms with E-state index in [0.29, 0.717) is 0 Å². The van der Waals surface area contributed by atoms with Crippen LogP contribution in [0.4, 0.5) is 0 Å². The normalized spacial score (nSPS) is 10.2. The van der Waals surface area contributed by atoms with Crippen LogP contribution in [0.3, 0.4) is 0 Å². The largest absolute Gasteiger partial charge is 0.466 e. The average Bonchev–Trinajstić information content (AvgIpc) is 3.96. The number of furan rings is 2. The third-order valence-corrected chi connectivity index (χ3v) is 20.3. The maximum atomic E-state index is 5.34. The molecule has 0 bridgehead atoms. The molecule has 0 fully saturated rings. The van der Waals surface area contributed by atoms with Gasteiger partial charge in [-0.25, -0.2) is 0 Å². The molecule has 0 aliphatic carbocycles. The zero-order valence-electron chi connectivity index (χ0n) is 57.4. The van der Waals surface area contributed by atoms with Crippen LogP contribution in [0.2, 0.25) is 0 Å². The Morgan fingerprint density at radius 3 is 0.412 bits per heavy atom. The number of thiophene rings is 2. The molecule has 1 aromatic carbocycles. The molecule has 0 saturated heterocycles. The maximum absolute atomic E-state index is 5.34. The highest BCUT2D eigenvalue weighted by Crippen LogP contribution is 2.27. The van der Waals surface area contributed by atoms with Gasteiger partial charge < -0.3 is 8.83 Å². The fourth-order valence-corrected chi connectivity index (χ4v) is 10.8. The van der Waals surface area contributed by atoms with Gasteiger partial charge in [0.25, 0.3) is 0 Å². The Hall–Kier alpha value is -5.44. The molecule has 80 heavy (non-hydrogen) atoms. The Morgan fingerprint density at radius 1 is 0.163 bits per heavy atom. The van der Waals surface area contributed by atoms with Gasteiger partial charge in [-0.2, -0.15) is 0 Å². The van der Waals surface area contributed by atoms with E-state index in [4.69, 9.17) is 8.83 Å². The third kappa shape index (κ3) is 19.4. The summed E-state index contributed by atoms with van der Waals surface area (Å²) >= 11 is 3.79. The monoisotopic (exact) mass is 1120 g/mol. The van der Waals surface area contributed by atoms with Gasteiger partial charge in [-0.1, -0.05) is 0 Å². The van der Waals surface area contributed by atoms with Crippen molar-refractivity contribution in [3.05, 3.63) is 199 Å². The lowest BCUT2D eigenvalue weighted by Gasteiger charge is -2.15. The molecule has 8 heteroatoms. The summed E-state index contributed by atoms with van der Waals surface area (Å²) in [6.45, 7) is 76.1. The molecular weight excluding hydrogens is 1020 g/mol. The van der Waals surface area contributed by atoms with Gasteiger partial charge in [0.1, 0.15) is 23.0 Å². The predicted octanol–water partition coefficient (Wildman–Crippen LogP) is 21.5. The molecule has 0 N–H and O–H groups in total. The number of hydrogen-bond donors (Lipinski definition) is 0. The van der Waals surface area contributed by atoms with E-state index < -0.39 is 0 Å². The van der Waals surface area contributed by atoms with Gasteiger partial charge in [-0.3, -0.25) is 19.9 Å². The van der Waals surface area contributed by atoms with Crippen LogP contribution in [-0.4, -0.2) is 19.9 Å². The summed E-state index contributed by atoms with van der Waals surface area (Å²) in [6.07, 6.45) is 0. The van der Waals surface area contributed by atoms with Crippen molar-refractivity contribution in [1.29, 1.82) is 0 Å². The number of nitrogens with zero attached hydrogens (tertiary/aromatic N) is 4. The van der Waals surface area contributed by atoms with Crippen molar-refractivity contribution >= 4 is 22.7 Å². The fourth-order valence-electron chi connectivity index (χ4n) is 8.64. The molecule has 8 aromatic rings. The smallest absolute Gasteiger partial charge is 0.104 e. The molecule has 6 nitrogen and oxygen atoms in total. The number of rotatable bonds is 0. The van der Waals surface area contributed by atoms with Crippen molar-refractivity contribution < 1.29 is 8.83 Å². The number of benzene rings is 1. The predicted molar refractivity (Wildman–Crippen MR) is 354 cm³/mol. The quantitative estimate of drug-likeness (QED) is 0.151. The summed E-state index contributed by atoms with van der Waals surface area (Å²) in [4.78, 5) is 23.3. The van der Waals surface area contributed by atoms with Crippen LogP contribution in [0.15, 0.2) is 8.83 Å². The molecule has 7 heterocycles. The molecule has 0 radical (unpaired) electrons. The van der Waals surface area contributed by atoms with E-state index in [1.165, 1.54) is 131 Å². The summed E-state index contributed by atoms with van der Waals surface area (Å²) in [5.74, 6) is 4.19. The van der Waals surface area contributed by atoms with Gasteiger partial charge >= 0.3 is 0 Å². The van der Waals surface area contributed by atoms with Crippen molar-refractivity contribution in [2.24, 2.45) is 0 Å². The van der Waals surface area contributed by atoms with E-state index in [1.807, 2.05) is 78.1 Å². The van der Waals surface area contributed by atoms with Crippen molar-refractivity contribution in [3.8, 4) is 0 Å². The SMILES string of the molecule is Cc1c(C)c(C)c(C)c(C)c1C.Cc1nc(C)c(C)c(C)c1C.Cc1nc(C)c(C)c(C)c1C.Cc1nc(C)c(C)nc1C.Cc1oc(C)c(C)c1C.Cc1oc(C)c(C)c1C.Cc1sc(C)c(C)c1C.Cc1sc(C)c(C)c1C. The highest BCUT2D eigenvalue weighted by atomic mass is 32.1. The van der Waals surface area contributed by atoms with Crippen LogP contribution in [0.25, 0.3) is 0 Å². The van der Waals surface area contributed by atoms with E-state index in [-0.39, 0.29) is 0 Å². The first-order valence-electron chi connectivity index (χ1n) is 28.4. The van der Waals surface area contributed by atoms with Gasteiger partial charge in [0.2, 0.25) is 0 Å². The van der Waals surface area contributed by atoms with Gasteiger partial charge in [0.15, 0.2) is 0 Å².